The van der Waals surface area contributed by atoms with E-state index in [1.165, 1.54) is 18.5 Å². The molecule has 3 nitrogen and oxygen atoms in total. The standard InChI is InChI=1S/C15H21ClN2O/c1-11-9-13(18-7-3-4-8-18)5-6-14(11)17-15(19)12(2)10-16/h5-6,9,12H,3-4,7-8,10H2,1-2H3,(H,17,19). The lowest BCUT2D eigenvalue weighted by Gasteiger charge is -2.19. The van der Waals surface area contributed by atoms with Gasteiger partial charge in [0, 0.05) is 36.3 Å². The van der Waals surface area contributed by atoms with Crippen molar-refractivity contribution in [3.8, 4) is 0 Å². The van der Waals surface area contributed by atoms with Crippen LogP contribution in [-0.2, 0) is 4.79 Å². The van der Waals surface area contributed by atoms with Crippen LogP contribution in [0.4, 0.5) is 11.4 Å². The number of anilines is 2. The molecule has 2 rings (SSSR count). The predicted octanol–water partition coefficient (Wildman–Crippen LogP) is 3.41. The number of nitrogens with zero attached hydrogens (tertiary/aromatic N) is 1. The monoisotopic (exact) mass is 280 g/mol. The molecule has 1 fully saturated rings. The Morgan fingerprint density at radius 2 is 2.11 bits per heavy atom. The van der Waals surface area contributed by atoms with Crippen molar-refractivity contribution in [3.05, 3.63) is 23.8 Å². The zero-order valence-electron chi connectivity index (χ0n) is 11.6. The first-order valence-electron chi connectivity index (χ1n) is 6.84. The van der Waals surface area contributed by atoms with Crippen LogP contribution in [0.3, 0.4) is 0 Å². The van der Waals surface area contributed by atoms with Gasteiger partial charge in [-0.15, -0.1) is 11.6 Å². The Morgan fingerprint density at radius 3 is 2.68 bits per heavy atom. The van der Waals surface area contributed by atoms with Gasteiger partial charge in [0.15, 0.2) is 0 Å². The zero-order chi connectivity index (χ0) is 13.8. The molecule has 0 saturated carbocycles. The fourth-order valence-electron chi connectivity index (χ4n) is 2.29. The van der Waals surface area contributed by atoms with Crippen molar-refractivity contribution >= 4 is 28.9 Å². The summed E-state index contributed by atoms with van der Waals surface area (Å²) in [5.41, 5.74) is 3.22. The molecule has 1 heterocycles. The van der Waals surface area contributed by atoms with Crippen molar-refractivity contribution in [2.45, 2.75) is 26.7 Å². The average molecular weight is 281 g/mol. The number of alkyl halides is 1. The van der Waals surface area contributed by atoms with Crippen LogP contribution in [0.15, 0.2) is 18.2 Å². The van der Waals surface area contributed by atoms with Crippen LogP contribution >= 0.6 is 11.6 Å². The van der Waals surface area contributed by atoms with Crippen LogP contribution in [0.1, 0.15) is 25.3 Å². The van der Waals surface area contributed by atoms with E-state index in [-0.39, 0.29) is 11.8 Å². The van der Waals surface area contributed by atoms with Crippen LogP contribution in [0.2, 0.25) is 0 Å². The number of benzene rings is 1. The third-order valence-corrected chi connectivity index (χ3v) is 4.08. The number of carbonyl (C=O) groups excluding carboxylic acids is 1. The molecule has 0 spiro atoms. The summed E-state index contributed by atoms with van der Waals surface area (Å²) in [5, 5.41) is 2.94. The molecule has 1 unspecified atom stereocenters. The number of nitrogens with one attached hydrogen (secondary N) is 1. The van der Waals surface area contributed by atoms with Crippen LogP contribution in [0.25, 0.3) is 0 Å². The number of carbonyl (C=O) groups is 1. The van der Waals surface area contributed by atoms with Gasteiger partial charge in [0.05, 0.1) is 0 Å². The summed E-state index contributed by atoms with van der Waals surface area (Å²) in [7, 11) is 0. The van der Waals surface area contributed by atoms with Crippen molar-refractivity contribution in [1.82, 2.24) is 0 Å². The fourth-order valence-corrected chi connectivity index (χ4v) is 2.43. The Balaban J connectivity index is 2.08. The smallest absolute Gasteiger partial charge is 0.228 e. The Hall–Kier alpha value is -1.22. The molecule has 0 radical (unpaired) electrons. The van der Waals surface area contributed by atoms with E-state index in [1.807, 2.05) is 19.9 Å². The predicted molar refractivity (Wildman–Crippen MR) is 81.1 cm³/mol. The van der Waals surface area contributed by atoms with Gasteiger partial charge in [-0.1, -0.05) is 6.92 Å². The number of hydrogen-bond acceptors (Lipinski definition) is 2. The molecule has 1 N–H and O–H groups in total. The Morgan fingerprint density at radius 1 is 1.42 bits per heavy atom. The van der Waals surface area contributed by atoms with E-state index in [1.54, 1.807) is 0 Å². The Labute approximate surface area is 119 Å². The second-order valence-electron chi connectivity index (χ2n) is 5.24. The van der Waals surface area contributed by atoms with Crippen molar-refractivity contribution < 1.29 is 4.79 Å². The number of halogens is 1. The minimum atomic E-state index is -0.167. The summed E-state index contributed by atoms with van der Waals surface area (Å²) in [4.78, 5) is 14.2. The molecule has 104 valence electrons. The first-order valence-corrected chi connectivity index (χ1v) is 7.37. The lowest BCUT2D eigenvalue weighted by molar-refractivity contribution is -0.118. The molecular formula is C15H21ClN2O. The van der Waals surface area contributed by atoms with Gasteiger partial charge in [-0.3, -0.25) is 4.79 Å². The average Bonchev–Trinajstić information content (AvgIpc) is 2.94. The highest BCUT2D eigenvalue weighted by atomic mass is 35.5. The van der Waals surface area contributed by atoms with E-state index in [9.17, 15) is 4.79 Å². The van der Waals surface area contributed by atoms with Crippen LogP contribution < -0.4 is 10.2 Å². The van der Waals surface area contributed by atoms with Crippen molar-refractivity contribution in [2.75, 3.05) is 29.2 Å². The number of hydrogen-bond donors (Lipinski definition) is 1. The largest absolute Gasteiger partial charge is 0.372 e. The molecule has 1 aromatic carbocycles. The van der Waals surface area contributed by atoms with Crippen LogP contribution in [0.5, 0.6) is 0 Å². The molecular weight excluding hydrogens is 260 g/mol. The third-order valence-electron chi connectivity index (χ3n) is 3.62. The van der Waals surface area contributed by atoms with E-state index < -0.39 is 0 Å². The van der Waals surface area contributed by atoms with E-state index >= 15 is 0 Å². The van der Waals surface area contributed by atoms with Crippen molar-refractivity contribution in [1.29, 1.82) is 0 Å². The minimum absolute atomic E-state index is 0.0213. The minimum Gasteiger partial charge on any atom is -0.372 e. The summed E-state index contributed by atoms with van der Waals surface area (Å²) in [6, 6.07) is 6.22. The lowest BCUT2D eigenvalue weighted by atomic mass is 10.1. The van der Waals surface area contributed by atoms with Crippen LogP contribution in [-0.4, -0.2) is 24.9 Å². The highest BCUT2D eigenvalue weighted by Crippen LogP contribution is 2.25. The van der Waals surface area contributed by atoms with Gasteiger partial charge in [-0.2, -0.15) is 0 Å². The molecule has 1 saturated heterocycles. The van der Waals surface area contributed by atoms with Gasteiger partial charge in [-0.25, -0.2) is 0 Å². The molecule has 1 amide bonds. The second kappa shape index (κ2) is 6.29. The van der Waals surface area contributed by atoms with Gasteiger partial charge < -0.3 is 10.2 Å². The SMILES string of the molecule is Cc1cc(N2CCCC2)ccc1NC(=O)C(C)CCl. The third kappa shape index (κ3) is 3.41. The number of rotatable bonds is 4. The fraction of sp³-hybridized carbons (Fsp3) is 0.533. The summed E-state index contributed by atoms with van der Waals surface area (Å²) in [6.45, 7) is 6.12. The summed E-state index contributed by atoms with van der Waals surface area (Å²) in [6.07, 6.45) is 2.54. The maximum absolute atomic E-state index is 11.8. The van der Waals surface area contributed by atoms with Gasteiger partial charge in [0.25, 0.3) is 0 Å². The molecule has 1 aliphatic heterocycles. The van der Waals surface area contributed by atoms with Crippen LogP contribution in [0, 0.1) is 12.8 Å². The van der Waals surface area contributed by atoms with E-state index in [0.29, 0.717) is 5.88 Å². The molecule has 1 atom stereocenters. The molecule has 19 heavy (non-hydrogen) atoms. The Kier molecular flexibility index (Phi) is 4.70. The number of aryl methyl sites for hydroxylation is 1. The van der Waals surface area contributed by atoms with Crippen molar-refractivity contribution in [3.63, 3.8) is 0 Å². The quantitative estimate of drug-likeness (QED) is 0.857. The Bertz CT molecular complexity index is 455. The molecule has 4 heteroatoms. The molecule has 0 aromatic heterocycles. The van der Waals surface area contributed by atoms with Gasteiger partial charge in [0.1, 0.15) is 0 Å². The normalized spacial score (nSPS) is 16.5. The molecule has 1 aliphatic rings. The first-order chi connectivity index (χ1) is 9.11. The lowest BCUT2D eigenvalue weighted by Crippen LogP contribution is -2.22. The molecule has 0 aliphatic carbocycles. The molecule has 1 aromatic rings. The van der Waals surface area contributed by atoms with Gasteiger partial charge >= 0.3 is 0 Å². The van der Waals surface area contributed by atoms with E-state index in [4.69, 9.17) is 11.6 Å². The van der Waals surface area contributed by atoms with Gasteiger partial charge in [0.2, 0.25) is 5.91 Å². The zero-order valence-corrected chi connectivity index (χ0v) is 12.3. The topological polar surface area (TPSA) is 32.3 Å². The maximum atomic E-state index is 11.8. The summed E-state index contributed by atoms with van der Waals surface area (Å²) < 4.78 is 0. The highest BCUT2D eigenvalue weighted by molar-refractivity contribution is 6.19. The van der Waals surface area contributed by atoms with Crippen molar-refractivity contribution in [2.24, 2.45) is 5.92 Å². The summed E-state index contributed by atoms with van der Waals surface area (Å²) in [5.74, 6) is 0.155. The van der Waals surface area contributed by atoms with Gasteiger partial charge in [-0.05, 0) is 43.5 Å². The highest BCUT2D eigenvalue weighted by Gasteiger charge is 2.15. The maximum Gasteiger partial charge on any atom is 0.228 e. The summed E-state index contributed by atoms with van der Waals surface area (Å²) >= 11 is 5.70. The van der Waals surface area contributed by atoms with E-state index in [0.717, 1.165) is 24.3 Å². The first kappa shape index (κ1) is 14.2. The van der Waals surface area contributed by atoms with E-state index in [2.05, 4.69) is 22.3 Å². The number of amides is 1. The second-order valence-corrected chi connectivity index (χ2v) is 5.55. The molecule has 0 bridgehead atoms.